The summed E-state index contributed by atoms with van der Waals surface area (Å²) in [6.45, 7) is 4.31. The van der Waals surface area contributed by atoms with Gasteiger partial charge in [-0.2, -0.15) is 25.3 Å². The molecule has 0 aromatic heterocycles. The van der Waals surface area contributed by atoms with Crippen molar-refractivity contribution in [1.29, 1.82) is 0 Å². The summed E-state index contributed by atoms with van der Waals surface area (Å²) >= 11 is 7.76. The number of carbonyl (C=O) groups excluding carboxylic acids is 2. The molecule has 0 rings (SSSR count). The normalized spacial score (nSPS) is 7.25. The lowest BCUT2D eigenvalue weighted by molar-refractivity contribution is -0.119. The van der Waals surface area contributed by atoms with E-state index in [1.165, 1.54) is 13.8 Å². The molecule has 0 saturated carbocycles. The van der Waals surface area contributed by atoms with Crippen molar-refractivity contribution in [3.63, 3.8) is 0 Å². The molecule has 0 bridgehead atoms. The Bertz CT molecular complexity index is 156. The van der Waals surface area contributed by atoms with E-state index in [2.05, 4.69) is 35.9 Å². The summed E-state index contributed by atoms with van der Waals surface area (Å²) in [5.74, 6) is 1.43. The lowest BCUT2D eigenvalue weighted by atomic mass is 10.6. The van der Waals surface area contributed by atoms with Crippen LogP contribution in [-0.2, 0) is 9.59 Å². The number of rotatable bonds is 4. The molecule has 0 aromatic carbocycles. The number of amides is 2. The fourth-order valence-electron chi connectivity index (χ4n) is 0.464. The van der Waals surface area contributed by atoms with Crippen LogP contribution in [0.15, 0.2) is 0 Å². The molecule has 0 radical (unpaired) electrons. The molecule has 2 N–H and O–H groups in total. The Kier molecular flexibility index (Phi) is 32.4. The van der Waals surface area contributed by atoms with Crippen LogP contribution in [0.1, 0.15) is 13.8 Å². The van der Waals surface area contributed by atoms with Gasteiger partial charge in [-0.05, 0) is 0 Å². The topological polar surface area (TPSA) is 58.2 Å². The Balaban J connectivity index is -0.0000000800. The minimum atomic E-state index is 0. The van der Waals surface area contributed by atoms with Crippen LogP contribution >= 0.6 is 50.1 Å². The highest BCUT2D eigenvalue weighted by atomic mass is 35.5. The molecule has 0 heterocycles. The zero-order chi connectivity index (χ0) is 11.4. The van der Waals surface area contributed by atoms with Gasteiger partial charge in [0.25, 0.3) is 0 Å². The Morgan fingerprint density at radius 2 is 1.12 bits per heavy atom. The third kappa shape index (κ3) is 36.8. The van der Waals surface area contributed by atoms with E-state index in [-0.39, 0.29) is 36.6 Å². The highest BCUT2D eigenvalue weighted by Crippen LogP contribution is 1.67. The average molecular weight is 311 g/mol. The van der Waals surface area contributed by atoms with Gasteiger partial charge in [0.05, 0.1) is 0 Å². The van der Waals surface area contributed by atoms with E-state index in [0.29, 0.717) is 24.6 Å². The number of carbonyl (C=O) groups is 2. The monoisotopic (exact) mass is 310 g/mol. The predicted octanol–water partition coefficient (Wildman–Crippen LogP) is 0.948. The van der Waals surface area contributed by atoms with E-state index in [1.54, 1.807) is 0 Å². The summed E-state index contributed by atoms with van der Waals surface area (Å²) in [5, 5.41) is 5.16. The minimum Gasteiger partial charge on any atom is -0.356 e. The van der Waals surface area contributed by atoms with Gasteiger partial charge in [0.15, 0.2) is 0 Å². The molecule has 0 aliphatic carbocycles. The van der Waals surface area contributed by atoms with E-state index in [1.807, 2.05) is 0 Å². The molecule has 0 unspecified atom stereocenters. The van der Waals surface area contributed by atoms with Crippen molar-refractivity contribution in [2.45, 2.75) is 13.8 Å². The zero-order valence-electron chi connectivity index (χ0n) is 9.36. The van der Waals surface area contributed by atoms with Gasteiger partial charge in [0.2, 0.25) is 11.8 Å². The Morgan fingerprint density at radius 1 is 0.875 bits per heavy atom. The zero-order valence-corrected chi connectivity index (χ0v) is 12.8. The van der Waals surface area contributed by atoms with Crippen molar-refractivity contribution in [2.75, 3.05) is 24.6 Å². The third-order valence-electron chi connectivity index (χ3n) is 0.971. The van der Waals surface area contributed by atoms with Gasteiger partial charge in [0, 0.05) is 38.4 Å². The lowest BCUT2D eigenvalue weighted by Gasteiger charge is -1.93. The SMILES string of the molecule is CC(=O)NCCS.CC(=O)NCCS.Cl.Cl. The maximum Gasteiger partial charge on any atom is 0.216 e. The third-order valence-corrected chi connectivity index (χ3v) is 1.42. The maximum atomic E-state index is 10.1. The van der Waals surface area contributed by atoms with Crippen LogP contribution in [0.4, 0.5) is 0 Å². The predicted molar refractivity (Wildman–Crippen MR) is 79.6 cm³/mol. The molecule has 4 nitrogen and oxygen atoms in total. The van der Waals surface area contributed by atoms with E-state index in [0.717, 1.165) is 0 Å². The summed E-state index contributed by atoms with van der Waals surface area (Å²) in [6, 6.07) is 0. The molecule has 0 aliphatic rings. The Labute approximate surface area is 120 Å². The van der Waals surface area contributed by atoms with Crippen LogP contribution < -0.4 is 10.6 Å². The molecule has 100 valence electrons. The van der Waals surface area contributed by atoms with Crippen molar-refractivity contribution >= 4 is 61.9 Å². The van der Waals surface area contributed by atoms with Gasteiger partial charge in [-0.1, -0.05) is 0 Å². The second-order valence-corrected chi connectivity index (χ2v) is 3.31. The molecule has 0 fully saturated rings. The first kappa shape index (κ1) is 25.2. The molecule has 16 heavy (non-hydrogen) atoms. The highest BCUT2D eigenvalue weighted by Gasteiger charge is 1.84. The number of hydrogen-bond acceptors (Lipinski definition) is 4. The second kappa shape index (κ2) is 20.6. The van der Waals surface area contributed by atoms with Gasteiger partial charge in [-0.3, -0.25) is 9.59 Å². The smallest absolute Gasteiger partial charge is 0.216 e. The van der Waals surface area contributed by atoms with Crippen molar-refractivity contribution in [3.8, 4) is 0 Å². The van der Waals surface area contributed by atoms with Gasteiger partial charge in [0.1, 0.15) is 0 Å². The van der Waals surface area contributed by atoms with Crippen LogP contribution in [0.5, 0.6) is 0 Å². The fourth-order valence-corrected chi connectivity index (χ4v) is 0.687. The summed E-state index contributed by atoms with van der Waals surface area (Å²) < 4.78 is 0. The fraction of sp³-hybridized carbons (Fsp3) is 0.750. The molecule has 0 aromatic rings. The molecule has 0 saturated heterocycles. The largest absolute Gasteiger partial charge is 0.356 e. The van der Waals surface area contributed by atoms with Crippen molar-refractivity contribution < 1.29 is 9.59 Å². The molecule has 8 heteroatoms. The first-order chi connectivity index (χ1) is 6.54. The van der Waals surface area contributed by atoms with Crippen molar-refractivity contribution in [1.82, 2.24) is 10.6 Å². The van der Waals surface area contributed by atoms with Crippen LogP contribution in [0.25, 0.3) is 0 Å². The van der Waals surface area contributed by atoms with Crippen molar-refractivity contribution in [2.24, 2.45) is 0 Å². The van der Waals surface area contributed by atoms with Gasteiger partial charge in [-0.15, -0.1) is 24.8 Å². The second-order valence-electron chi connectivity index (χ2n) is 2.41. The van der Waals surface area contributed by atoms with Crippen LogP contribution in [0.3, 0.4) is 0 Å². The average Bonchev–Trinajstić information content (AvgIpc) is 2.12. The first-order valence-corrected chi connectivity index (χ1v) is 5.51. The van der Waals surface area contributed by atoms with Crippen molar-refractivity contribution in [3.05, 3.63) is 0 Å². The van der Waals surface area contributed by atoms with E-state index >= 15 is 0 Å². The standard InChI is InChI=1S/2C4H9NOS.2ClH/c2*1-4(6)5-2-3-7;;/h2*7H,2-3H2,1H3,(H,5,6);2*1H. The summed E-state index contributed by atoms with van der Waals surface area (Å²) in [6.07, 6.45) is 0. The maximum absolute atomic E-state index is 10.1. The highest BCUT2D eigenvalue weighted by molar-refractivity contribution is 7.80. The van der Waals surface area contributed by atoms with Gasteiger partial charge >= 0.3 is 0 Å². The van der Waals surface area contributed by atoms with Crippen LogP contribution in [-0.4, -0.2) is 36.4 Å². The number of halogens is 2. The molecule has 0 aliphatic heterocycles. The summed E-state index contributed by atoms with van der Waals surface area (Å²) in [4.78, 5) is 20.1. The first-order valence-electron chi connectivity index (χ1n) is 4.25. The Hall–Kier alpha value is 0.220. The van der Waals surface area contributed by atoms with E-state index < -0.39 is 0 Å². The molecular formula is C8H20Cl2N2O2S2. The quantitative estimate of drug-likeness (QED) is 0.584. The van der Waals surface area contributed by atoms with Crippen LogP contribution in [0, 0.1) is 0 Å². The number of hydrogen-bond donors (Lipinski definition) is 4. The Morgan fingerprint density at radius 3 is 1.19 bits per heavy atom. The van der Waals surface area contributed by atoms with E-state index in [9.17, 15) is 9.59 Å². The summed E-state index contributed by atoms with van der Waals surface area (Å²) in [5.41, 5.74) is 0. The number of thiol groups is 2. The molecular weight excluding hydrogens is 291 g/mol. The summed E-state index contributed by atoms with van der Waals surface area (Å²) in [7, 11) is 0. The van der Waals surface area contributed by atoms with Gasteiger partial charge in [-0.25, -0.2) is 0 Å². The van der Waals surface area contributed by atoms with Crippen LogP contribution in [0.2, 0.25) is 0 Å². The van der Waals surface area contributed by atoms with E-state index in [4.69, 9.17) is 0 Å². The molecule has 2 amide bonds. The molecule has 0 atom stereocenters. The molecule has 0 spiro atoms. The lowest BCUT2D eigenvalue weighted by Crippen LogP contribution is -2.21. The minimum absolute atomic E-state index is 0. The van der Waals surface area contributed by atoms with Gasteiger partial charge < -0.3 is 10.6 Å². The number of nitrogens with one attached hydrogen (secondary N) is 2.